The van der Waals surface area contributed by atoms with Crippen LogP contribution in [0.25, 0.3) is 10.4 Å². The summed E-state index contributed by atoms with van der Waals surface area (Å²) in [6.45, 7) is 2.10. The van der Waals surface area contributed by atoms with Gasteiger partial charge in [-0.25, -0.2) is 8.42 Å². The van der Waals surface area contributed by atoms with Gasteiger partial charge in [0.15, 0.2) is 9.84 Å². The second-order valence-corrected chi connectivity index (χ2v) is 10.4. The SMILES string of the molecule is [N-]=[N+]=NCCOCCOCCOCCOCCS(=O)(=O)c1cccc2c1C(=O)N(C1CCC(=O)NC1=O)C2=O. The Bertz CT molecular complexity index is 1230. The number of carbonyl (C=O) groups excluding carboxylic acids is 4. The van der Waals surface area contributed by atoms with Gasteiger partial charge in [0.1, 0.15) is 6.04 Å². The summed E-state index contributed by atoms with van der Waals surface area (Å²) in [5, 5.41) is 5.43. The number of fused-ring (bicyclic) bond motifs is 1. The lowest BCUT2D eigenvalue weighted by atomic mass is 10.0. The number of hydrogen-bond donors (Lipinski definition) is 1. The maximum atomic E-state index is 13.1. The summed E-state index contributed by atoms with van der Waals surface area (Å²) in [4.78, 5) is 52.7. The van der Waals surface area contributed by atoms with Gasteiger partial charge in [-0.2, -0.15) is 0 Å². The van der Waals surface area contributed by atoms with Crippen molar-refractivity contribution < 1.29 is 46.5 Å². The Balaban J connectivity index is 1.41. The Morgan fingerprint density at radius 1 is 0.923 bits per heavy atom. The number of azide groups is 1. The third-order valence-electron chi connectivity index (χ3n) is 5.78. The van der Waals surface area contributed by atoms with E-state index in [9.17, 15) is 27.6 Å². The van der Waals surface area contributed by atoms with Crippen molar-refractivity contribution in [3.8, 4) is 0 Å². The predicted octanol–water partition coefficient (Wildman–Crippen LogP) is 0.238. The number of nitrogens with one attached hydrogen (secondary N) is 1. The zero-order valence-electron chi connectivity index (χ0n) is 21.1. The largest absolute Gasteiger partial charge is 0.379 e. The lowest BCUT2D eigenvalue weighted by Gasteiger charge is -2.27. The van der Waals surface area contributed by atoms with Crippen LogP contribution in [0.15, 0.2) is 28.2 Å². The van der Waals surface area contributed by atoms with Gasteiger partial charge in [-0.1, -0.05) is 11.2 Å². The van der Waals surface area contributed by atoms with Gasteiger partial charge in [0.2, 0.25) is 11.8 Å². The van der Waals surface area contributed by atoms with Crippen LogP contribution in [0.3, 0.4) is 0 Å². The second kappa shape index (κ2) is 14.7. The summed E-state index contributed by atoms with van der Waals surface area (Å²) >= 11 is 0. The molecule has 16 heteroatoms. The number of piperidine rings is 1. The van der Waals surface area contributed by atoms with Crippen LogP contribution in [-0.4, -0.2) is 108 Å². The van der Waals surface area contributed by atoms with E-state index in [1.165, 1.54) is 18.2 Å². The fraction of sp³-hybridized carbons (Fsp3) is 0.565. The Labute approximate surface area is 224 Å². The zero-order chi connectivity index (χ0) is 28.3. The van der Waals surface area contributed by atoms with Gasteiger partial charge in [0, 0.05) is 17.9 Å². The average molecular weight is 568 g/mol. The number of ether oxygens (including phenoxy) is 4. The van der Waals surface area contributed by atoms with E-state index in [-0.39, 0.29) is 55.2 Å². The fourth-order valence-corrected chi connectivity index (χ4v) is 5.28. The molecule has 3 rings (SSSR count). The Kier molecular flexibility index (Phi) is 11.3. The molecule has 0 radical (unpaired) electrons. The third kappa shape index (κ3) is 8.05. The maximum Gasteiger partial charge on any atom is 0.263 e. The van der Waals surface area contributed by atoms with Crippen LogP contribution in [0.4, 0.5) is 0 Å². The van der Waals surface area contributed by atoms with Gasteiger partial charge in [0.05, 0.1) is 74.6 Å². The normalized spacial score (nSPS) is 17.2. The molecule has 0 aromatic heterocycles. The molecule has 1 unspecified atom stereocenters. The molecule has 1 saturated heterocycles. The van der Waals surface area contributed by atoms with Crippen LogP contribution in [0.2, 0.25) is 0 Å². The standard InChI is InChI=1S/C23H29N5O10S/c24-27-25-6-7-35-8-9-36-10-11-37-12-13-38-14-15-39(33,34)18-3-1-2-16-20(18)23(32)28(22(16)31)17-4-5-19(29)26-21(17)30/h1-3,17H,4-15H2,(H,26,29,30). The molecule has 0 saturated carbocycles. The van der Waals surface area contributed by atoms with Crippen molar-refractivity contribution in [2.75, 3.05) is 65.2 Å². The van der Waals surface area contributed by atoms with Gasteiger partial charge < -0.3 is 18.9 Å². The van der Waals surface area contributed by atoms with E-state index in [0.717, 1.165) is 4.90 Å². The minimum Gasteiger partial charge on any atom is -0.379 e. The Morgan fingerprint density at radius 3 is 2.15 bits per heavy atom. The summed E-state index contributed by atoms with van der Waals surface area (Å²) in [6, 6.07) is 2.73. The highest BCUT2D eigenvalue weighted by molar-refractivity contribution is 7.91. The van der Waals surface area contributed by atoms with E-state index in [4.69, 9.17) is 24.5 Å². The summed E-state index contributed by atoms with van der Waals surface area (Å²) in [5.74, 6) is -3.39. The molecule has 39 heavy (non-hydrogen) atoms. The first kappa shape index (κ1) is 30.1. The second-order valence-electron chi connectivity index (χ2n) is 8.35. The molecule has 1 fully saturated rings. The molecular formula is C23H29N5O10S. The minimum absolute atomic E-state index is 0.0329. The third-order valence-corrected chi connectivity index (χ3v) is 7.49. The van der Waals surface area contributed by atoms with Crippen molar-refractivity contribution in [2.45, 2.75) is 23.8 Å². The van der Waals surface area contributed by atoms with Crippen molar-refractivity contribution in [3.63, 3.8) is 0 Å². The molecule has 2 aliphatic heterocycles. The minimum atomic E-state index is -4.01. The number of benzene rings is 1. The van der Waals surface area contributed by atoms with E-state index < -0.39 is 45.3 Å². The molecule has 2 heterocycles. The fourth-order valence-electron chi connectivity index (χ4n) is 3.93. The lowest BCUT2D eigenvalue weighted by molar-refractivity contribution is -0.136. The predicted molar refractivity (Wildman–Crippen MR) is 132 cm³/mol. The van der Waals surface area contributed by atoms with E-state index in [1.54, 1.807) is 0 Å². The summed E-state index contributed by atoms with van der Waals surface area (Å²) in [7, 11) is -4.01. The van der Waals surface area contributed by atoms with Crippen LogP contribution in [0.1, 0.15) is 33.6 Å². The van der Waals surface area contributed by atoms with Crippen molar-refractivity contribution in [1.82, 2.24) is 10.2 Å². The van der Waals surface area contributed by atoms with Crippen LogP contribution in [-0.2, 0) is 38.4 Å². The molecule has 0 spiro atoms. The van der Waals surface area contributed by atoms with E-state index in [0.29, 0.717) is 33.0 Å². The van der Waals surface area contributed by atoms with Crippen LogP contribution < -0.4 is 5.32 Å². The molecule has 2 aliphatic rings. The summed E-state index contributed by atoms with van der Waals surface area (Å²) in [5.41, 5.74) is 7.74. The monoisotopic (exact) mass is 567 g/mol. The number of rotatable bonds is 17. The number of carbonyl (C=O) groups is 4. The van der Waals surface area contributed by atoms with Gasteiger partial charge in [0.25, 0.3) is 11.8 Å². The highest BCUT2D eigenvalue weighted by Gasteiger charge is 2.46. The molecule has 0 aliphatic carbocycles. The van der Waals surface area contributed by atoms with E-state index in [1.807, 2.05) is 0 Å². The number of imide groups is 2. The highest BCUT2D eigenvalue weighted by Crippen LogP contribution is 2.32. The molecule has 4 amide bonds. The highest BCUT2D eigenvalue weighted by atomic mass is 32.2. The first-order valence-corrected chi connectivity index (χ1v) is 13.8. The number of sulfone groups is 1. The first-order chi connectivity index (χ1) is 18.8. The van der Waals surface area contributed by atoms with Crippen LogP contribution >= 0.6 is 0 Å². The average Bonchev–Trinajstić information content (AvgIpc) is 3.16. The zero-order valence-corrected chi connectivity index (χ0v) is 21.9. The van der Waals surface area contributed by atoms with Crippen molar-refractivity contribution in [3.05, 3.63) is 39.8 Å². The molecule has 1 atom stereocenters. The van der Waals surface area contributed by atoms with Gasteiger partial charge in [-0.3, -0.25) is 29.4 Å². The number of nitrogens with zero attached hydrogens (tertiary/aromatic N) is 4. The molecule has 1 aromatic rings. The van der Waals surface area contributed by atoms with Crippen LogP contribution in [0, 0.1) is 0 Å². The van der Waals surface area contributed by atoms with Gasteiger partial charge in [-0.05, 0) is 24.1 Å². The van der Waals surface area contributed by atoms with Gasteiger partial charge in [-0.15, -0.1) is 0 Å². The number of amides is 4. The van der Waals surface area contributed by atoms with Crippen molar-refractivity contribution in [1.29, 1.82) is 0 Å². The quantitative estimate of drug-likeness (QED) is 0.0892. The number of hydrogen-bond acceptors (Lipinski definition) is 11. The summed E-state index contributed by atoms with van der Waals surface area (Å²) < 4.78 is 47.2. The van der Waals surface area contributed by atoms with Crippen LogP contribution in [0.5, 0.6) is 0 Å². The molecule has 1 aromatic carbocycles. The van der Waals surface area contributed by atoms with E-state index >= 15 is 0 Å². The molecule has 1 N–H and O–H groups in total. The molecule has 212 valence electrons. The lowest BCUT2D eigenvalue weighted by Crippen LogP contribution is -2.54. The maximum absolute atomic E-state index is 13.1. The summed E-state index contributed by atoms with van der Waals surface area (Å²) in [6.07, 6.45) is -0.0753. The van der Waals surface area contributed by atoms with E-state index in [2.05, 4.69) is 15.3 Å². The van der Waals surface area contributed by atoms with Crippen molar-refractivity contribution >= 4 is 33.5 Å². The Hall–Kier alpha value is -3.40. The smallest absolute Gasteiger partial charge is 0.263 e. The first-order valence-electron chi connectivity index (χ1n) is 12.2. The Morgan fingerprint density at radius 2 is 1.54 bits per heavy atom. The van der Waals surface area contributed by atoms with Crippen molar-refractivity contribution in [2.24, 2.45) is 5.11 Å². The molecular weight excluding hydrogens is 538 g/mol. The topological polar surface area (TPSA) is 203 Å². The van der Waals surface area contributed by atoms with Gasteiger partial charge >= 0.3 is 0 Å². The molecule has 0 bridgehead atoms. The molecule has 15 nitrogen and oxygen atoms in total.